The molecule has 0 radical (unpaired) electrons. The minimum atomic E-state index is -0.252. The number of phenolic OH excluding ortho intramolecular Hbond substituents is 1. The number of phenols is 1. The Morgan fingerprint density at radius 2 is 1.61 bits per heavy atom. The van der Waals surface area contributed by atoms with Gasteiger partial charge in [0.2, 0.25) is 5.91 Å². The highest BCUT2D eigenvalue weighted by Gasteiger charge is 2.22. The van der Waals surface area contributed by atoms with E-state index in [1.54, 1.807) is 17.0 Å². The van der Waals surface area contributed by atoms with Crippen LogP contribution in [0.2, 0.25) is 0 Å². The third kappa shape index (κ3) is 4.90. The Balaban J connectivity index is 1.73. The van der Waals surface area contributed by atoms with Gasteiger partial charge in [0, 0.05) is 19.2 Å². The van der Waals surface area contributed by atoms with E-state index in [1.165, 1.54) is 12.1 Å². The summed E-state index contributed by atoms with van der Waals surface area (Å²) >= 11 is 0. The molecule has 0 spiro atoms. The highest BCUT2D eigenvalue weighted by Crippen LogP contribution is 2.41. The number of hydrogen-bond donors (Lipinski definition) is 1. The number of carbonyl (C=O) groups is 1. The van der Waals surface area contributed by atoms with E-state index >= 15 is 0 Å². The number of halogens is 1. The predicted octanol–water partition coefficient (Wildman–Crippen LogP) is 6.32. The summed E-state index contributed by atoms with van der Waals surface area (Å²) in [5, 5.41) is 9.98. The Bertz CT molecular complexity index is 1200. The van der Waals surface area contributed by atoms with E-state index in [-0.39, 0.29) is 17.5 Å². The molecule has 0 bridgehead atoms. The molecular formula is C29H28FNO2. The molecule has 168 valence electrons. The van der Waals surface area contributed by atoms with Crippen molar-refractivity contribution in [3.8, 4) is 5.75 Å². The molecule has 3 aromatic carbocycles. The van der Waals surface area contributed by atoms with E-state index in [0.717, 1.165) is 51.8 Å². The number of carbonyl (C=O) groups excluding carboxylic acids is 1. The predicted molar refractivity (Wildman–Crippen MR) is 132 cm³/mol. The Morgan fingerprint density at radius 1 is 0.939 bits per heavy atom. The fourth-order valence-corrected chi connectivity index (χ4v) is 4.42. The molecule has 0 saturated carbocycles. The van der Waals surface area contributed by atoms with Gasteiger partial charge in [0.05, 0.1) is 0 Å². The number of likely N-dealkylation sites (N-methyl/N-ethyl adjacent to an activating group) is 1. The van der Waals surface area contributed by atoms with Crippen molar-refractivity contribution in [1.82, 2.24) is 4.90 Å². The van der Waals surface area contributed by atoms with Gasteiger partial charge in [-0.1, -0.05) is 42.5 Å². The molecule has 0 heterocycles. The van der Waals surface area contributed by atoms with Crippen molar-refractivity contribution in [3.05, 3.63) is 106 Å². The molecule has 4 heteroatoms. The topological polar surface area (TPSA) is 40.5 Å². The van der Waals surface area contributed by atoms with Gasteiger partial charge in [-0.15, -0.1) is 0 Å². The summed E-state index contributed by atoms with van der Waals surface area (Å²) < 4.78 is 13.5. The van der Waals surface area contributed by atoms with Crippen LogP contribution in [0, 0.1) is 5.82 Å². The fourth-order valence-electron chi connectivity index (χ4n) is 4.42. The lowest BCUT2D eigenvalue weighted by Gasteiger charge is -2.25. The van der Waals surface area contributed by atoms with Gasteiger partial charge in [0.25, 0.3) is 0 Å². The molecule has 0 aliphatic heterocycles. The van der Waals surface area contributed by atoms with Gasteiger partial charge in [0.1, 0.15) is 11.6 Å². The molecule has 4 rings (SSSR count). The number of rotatable bonds is 6. The summed E-state index contributed by atoms with van der Waals surface area (Å²) in [6, 6.07) is 20.3. The molecule has 0 saturated heterocycles. The molecular weight excluding hydrogens is 413 g/mol. The molecule has 3 aromatic rings. The lowest BCUT2D eigenvalue weighted by Crippen LogP contribution is -2.28. The monoisotopic (exact) mass is 441 g/mol. The second-order valence-corrected chi connectivity index (χ2v) is 8.17. The van der Waals surface area contributed by atoms with Crippen LogP contribution in [0.1, 0.15) is 48.1 Å². The summed E-state index contributed by atoms with van der Waals surface area (Å²) in [7, 11) is 0. The first-order valence-corrected chi connectivity index (χ1v) is 11.4. The normalized spacial score (nSPS) is 13.3. The van der Waals surface area contributed by atoms with E-state index in [0.29, 0.717) is 13.1 Å². The van der Waals surface area contributed by atoms with Crippen molar-refractivity contribution in [2.24, 2.45) is 0 Å². The van der Waals surface area contributed by atoms with Crippen LogP contribution in [0.4, 0.5) is 4.39 Å². The maximum atomic E-state index is 13.5. The van der Waals surface area contributed by atoms with Gasteiger partial charge in [0.15, 0.2) is 0 Å². The van der Waals surface area contributed by atoms with Gasteiger partial charge >= 0.3 is 0 Å². The maximum absolute atomic E-state index is 13.5. The smallest absolute Gasteiger partial charge is 0.246 e. The van der Waals surface area contributed by atoms with Crippen molar-refractivity contribution in [2.75, 3.05) is 13.1 Å². The van der Waals surface area contributed by atoms with E-state index < -0.39 is 0 Å². The molecule has 33 heavy (non-hydrogen) atoms. The number of aryl methyl sites for hydroxylation is 1. The summed E-state index contributed by atoms with van der Waals surface area (Å²) in [6.07, 6.45) is 5.07. The third-order valence-corrected chi connectivity index (χ3v) is 6.19. The van der Waals surface area contributed by atoms with Gasteiger partial charge in [-0.2, -0.15) is 0 Å². The zero-order valence-electron chi connectivity index (χ0n) is 19.0. The van der Waals surface area contributed by atoms with Crippen LogP contribution in [0.15, 0.2) is 72.8 Å². The summed E-state index contributed by atoms with van der Waals surface area (Å²) in [5.41, 5.74) is 7.44. The number of allylic oxidation sites excluding steroid dienone is 1. The van der Waals surface area contributed by atoms with Crippen molar-refractivity contribution >= 4 is 23.1 Å². The van der Waals surface area contributed by atoms with Crippen LogP contribution in [0.25, 0.3) is 17.2 Å². The van der Waals surface area contributed by atoms with Crippen molar-refractivity contribution in [3.63, 3.8) is 0 Å². The number of aromatic hydroxyl groups is 1. The Labute approximate surface area is 194 Å². The number of fused-ring (bicyclic) bond motifs is 1. The van der Waals surface area contributed by atoms with Crippen molar-refractivity contribution in [1.29, 1.82) is 0 Å². The minimum absolute atomic E-state index is 0.00592. The first-order chi connectivity index (χ1) is 16.0. The number of nitrogens with zero attached hydrogens (tertiary/aromatic N) is 1. The molecule has 0 unspecified atom stereocenters. The van der Waals surface area contributed by atoms with E-state index in [9.17, 15) is 14.3 Å². The molecule has 0 atom stereocenters. The summed E-state index contributed by atoms with van der Waals surface area (Å²) in [5.74, 6) is 0.0144. The highest BCUT2D eigenvalue weighted by molar-refractivity contribution is 6.01. The van der Waals surface area contributed by atoms with Gasteiger partial charge in [-0.25, -0.2) is 4.39 Å². The van der Waals surface area contributed by atoms with E-state index in [4.69, 9.17) is 0 Å². The molecule has 3 nitrogen and oxygen atoms in total. The average molecular weight is 442 g/mol. The van der Waals surface area contributed by atoms with Crippen LogP contribution >= 0.6 is 0 Å². The molecule has 1 N–H and O–H groups in total. The van der Waals surface area contributed by atoms with Gasteiger partial charge < -0.3 is 10.0 Å². The molecule has 1 amide bonds. The SMILES string of the molecule is CCN(CC)C(=O)C=Cc1ccc(C2=C(c3ccc(F)cc3)CCc3cc(O)ccc32)cc1. The maximum Gasteiger partial charge on any atom is 0.246 e. The Kier molecular flexibility index (Phi) is 6.74. The second-order valence-electron chi connectivity index (χ2n) is 8.17. The summed E-state index contributed by atoms with van der Waals surface area (Å²) in [4.78, 5) is 14.0. The molecule has 0 fully saturated rings. The third-order valence-electron chi connectivity index (χ3n) is 6.19. The Hall–Kier alpha value is -3.66. The van der Waals surface area contributed by atoms with Crippen LogP contribution in [-0.4, -0.2) is 29.0 Å². The molecule has 1 aliphatic rings. The van der Waals surface area contributed by atoms with Gasteiger partial charge in [-0.3, -0.25) is 4.79 Å². The average Bonchev–Trinajstić information content (AvgIpc) is 2.83. The van der Waals surface area contributed by atoms with Crippen LogP contribution in [0.5, 0.6) is 5.75 Å². The largest absolute Gasteiger partial charge is 0.508 e. The van der Waals surface area contributed by atoms with Crippen molar-refractivity contribution < 1.29 is 14.3 Å². The van der Waals surface area contributed by atoms with Gasteiger partial charge in [-0.05, 0) is 96.0 Å². The second kappa shape index (κ2) is 9.86. The zero-order chi connectivity index (χ0) is 23.4. The Morgan fingerprint density at radius 3 is 2.27 bits per heavy atom. The van der Waals surface area contributed by atoms with E-state index in [1.807, 2.05) is 56.3 Å². The quantitative estimate of drug-likeness (QED) is 0.455. The molecule has 0 aromatic heterocycles. The molecule has 1 aliphatic carbocycles. The summed E-state index contributed by atoms with van der Waals surface area (Å²) in [6.45, 7) is 5.32. The highest BCUT2D eigenvalue weighted by atomic mass is 19.1. The van der Waals surface area contributed by atoms with Crippen LogP contribution in [0.3, 0.4) is 0 Å². The lowest BCUT2D eigenvalue weighted by atomic mass is 9.79. The van der Waals surface area contributed by atoms with E-state index in [2.05, 4.69) is 12.1 Å². The number of hydrogen-bond acceptors (Lipinski definition) is 2. The lowest BCUT2D eigenvalue weighted by molar-refractivity contribution is -0.125. The fraction of sp³-hybridized carbons (Fsp3) is 0.207. The van der Waals surface area contributed by atoms with Crippen LogP contribution < -0.4 is 0 Å². The van der Waals surface area contributed by atoms with Crippen molar-refractivity contribution in [2.45, 2.75) is 26.7 Å². The number of benzene rings is 3. The van der Waals surface area contributed by atoms with Crippen LogP contribution in [-0.2, 0) is 11.2 Å². The number of amides is 1. The first kappa shape index (κ1) is 22.5. The minimum Gasteiger partial charge on any atom is -0.508 e. The zero-order valence-corrected chi connectivity index (χ0v) is 19.0. The first-order valence-electron chi connectivity index (χ1n) is 11.4. The standard InChI is InChI=1S/C29H28FNO2/c1-3-31(4-2)28(33)18-7-20-5-8-22(9-6-20)29-26(21-10-13-24(30)14-11-21)16-12-23-19-25(32)15-17-27(23)29/h5-11,13-15,17-19,32H,3-4,12,16H2,1-2H3.